The van der Waals surface area contributed by atoms with E-state index in [9.17, 15) is 18.3 Å². The summed E-state index contributed by atoms with van der Waals surface area (Å²) in [6.07, 6.45) is 0.443. The van der Waals surface area contributed by atoms with Crippen LogP contribution in [0.1, 0.15) is 18.9 Å². The Hall–Kier alpha value is -2.02. The topological polar surface area (TPSA) is 83.9 Å². The number of benzene rings is 1. The van der Waals surface area contributed by atoms with Crippen molar-refractivity contribution in [3.8, 4) is 0 Å². The molecule has 1 fully saturated rings. The third kappa shape index (κ3) is 1.99. The first-order valence-electron chi connectivity index (χ1n) is 6.59. The third-order valence-corrected chi connectivity index (χ3v) is 5.63. The predicted octanol–water partition coefficient (Wildman–Crippen LogP) is 1.26. The smallest absolute Gasteiger partial charge is 0.252 e. The van der Waals surface area contributed by atoms with Gasteiger partial charge in [0.05, 0.1) is 5.75 Å². The molecule has 1 aromatic carbocycles. The molecule has 112 valence electrons. The molecule has 0 aromatic heterocycles. The van der Waals surface area contributed by atoms with Gasteiger partial charge in [-0.3, -0.25) is 4.79 Å². The van der Waals surface area contributed by atoms with Crippen molar-refractivity contribution in [3.05, 3.63) is 47.5 Å². The SMILES string of the molecule is CC1(c2ccccc2)OC(N2CCCS2(=O)=O)=C(O)C1=O. The normalized spacial score (nSPS) is 28.0. The largest absolute Gasteiger partial charge is 0.501 e. The maximum atomic E-state index is 12.4. The van der Waals surface area contributed by atoms with E-state index in [2.05, 4.69) is 0 Å². The van der Waals surface area contributed by atoms with Crippen LogP contribution >= 0.6 is 0 Å². The highest BCUT2D eigenvalue weighted by molar-refractivity contribution is 7.89. The minimum atomic E-state index is -3.52. The van der Waals surface area contributed by atoms with Crippen LogP contribution in [0.3, 0.4) is 0 Å². The van der Waals surface area contributed by atoms with E-state index in [1.807, 2.05) is 0 Å². The number of hydrogen-bond acceptors (Lipinski definition) is 5. The molecule has 7 heteroatoms. The Morgan fingerprint density at radius 3 is 2.52 bits per heavy atom. The van der Waals surface area contributed by atoms with E-state index in [1.54, 1.807) is 30.3 Å². The van der Waals surface area contributed by atoms with Gasteiger partial charge in [0.2, 0.25) is 15.8 Å². The highest BCUT2D eigenvalue weighted by Gasteiger charge is 2.51. The van der Waals surface area contributed by atoms with E-state index < -0.39 is 27.2 Å². The van der Waals surface area contributed by atoms with Gasteiger partial charge in [0.15, 0.2) is 5.60 Å². The van der Waals surface area contributed by atoms with Crippen molar-refractivity contribution in [2.24, 2.45) is 0 Å². The summed E-state index contributed by atoms with van der Waals surface area (Å²) in [4.78, 5) is 12.4. The molecule has 21 heavy (non-hydrogen) atoms. The number of hydrogen-bond donors (Lipinski definition) is 1. The number of carbonyl (C=O) groups excluding carboxylic acids is 1. The Labute approximate surface area is 122 Å². The maximum Gasteiger partial charge on any atom is 0.252 e. The van der Waals surface area contributed by atoms with Crippen molar-refractivity contribution in [1.82, 2.24) is 4.31 Å². The second kappa shape index (κ2) is 4.49. The van der Waals surface area contributed by atoms with Gasteiger partial charge in [0, 0.05) is 12.1 Å². The molecule has 0 radical (unpaired) electrons. The molecule has 0 amide bonds. The number of ether oxygens (including phenoxy) is 1. The molecule has 1 saturated heterocycles. The van der Waals surface area contributed by atoms with Gasteiger partial charge < -0.3 is 9.84 Å². The van der Waals surface area contributed by atoms with Crippen molar-refractivity contribution >= 4 is 15.8 Å². The number of aliphatic hydroxyl groups is 1. The van der Waals surface area contributed by atoms with E-state index in [4.69, 9.17) is 4.74 Å². The van der Waals surface area contributed by atoms with Gasteiger partial charge in [0.1, 0.15) is 0 Å². The Morgan fingerprint density at radius 1 is 1.29 bits per heavy atom. The minimum Gasteiger partial charge on any atom is -0.501 e. The molecule has 0 bridgehead atoms. The molecule has 1 atom stereocenters. The molecule has 2 aliphatic rings. The number of nitrogens with zero attached hydrogens (tertiary/aromatic N) is 1. The Kier molecular flexibility index (Phi) is 2.98. The van der Waals surface area contributed by atoms with Gasteiger partial charge in [-0.15, -0.1) is 0 Å². The van der Waals surface area contributed by atoms with Crippen molar-refractivity contribution in [1.29, 1.82) is 0 Å². The molecule has 0 spiro atoms. The first-order chi connectivity index (χ1) is 9.86. The molecule has 2 aliphatic heterocycles. The summed E-state index contributed by atoms with van der Waals surface area (Å²) in [5, 5.41) is 10.0. The van der Waals surface area contributed by atoms with Gasteiger partial charge in [-0.25, -0.2) is 12.7 Å². The average molecular weight is 309 g/mol. The number of rotatable bonds is 2. The zero-order valence-electron chi connectivity index (χ0n) is 11.4. The quantitative estimate of drug-likeness (QED) is 0.889. The summed E-state index contributed by atoms with van der Waals surface area (Å²) in [6, 6.07) is 8.70. The summed E-state index contributed by atoms with van der Waals surface area (Å²) in [6.45, 7) is 1.73. The van der Waals surface area contributed by atoms with Gasteiger partial charge in [-0.05, 0) is 13.3 Å². The van der Waals surface area contributed by atoms with E-state index >= 15 is 0 Å². The number of Topliss-reactive ketones (excluding diaryl/α,β-unsaturated/α-hetero) is 1. The zero-order valence-corrected chi connectivity index (χ0v) is 12.3. The Morgan fingerprint density at radius 2 is 1.95 bits per heavy atom. The fourth-order valence-corrected chi connectivity index (χ4v) is 4.09. The first-order valence-corrected chi connectivity index (χ1v) is 8.20. The lowest BCUT2D eigenvalue weighted by Crippen LogP contribution is -2.32. The van der Waals surface area contributed by atoms with Crippen LogP contribution in [0.4, 0.5) is 0 Å². The summed E-state index contributed by atoms with van der Waals surface area (Å²) in [7, 11) is -3.52. The predicted molar refractivity (Wildman–Crippen MR) is 74.7 cm³/mol. The molecular weight excluding hydrogens is 294 g/mol. The summed E-state index contributed by atoms with van der Waals surface area (Å²) < 4.78 is 30.5. The standard InChI is InChI=1S/C14H15NO5S/c1-14(10-6-3-2-4-7-10)12(17)11(16)13(20-14)15-8-5-9-21(15,18)19/h2-4,6-7,16H,5,8-9H2,1H3. The lowest BCUT2D eigenvalue weighted by Gasteiger charge is -2.26. The lowest BCUT2D eigenvalue weighted by atomic mass is 9.92. The monoisotopic (exact) mass is 309 g/mol. The van der Waals surface area contributed by atoms with Crippen LogP contribution in [0.2, 0.25) is 0 Å². The highest BCUT2D eigenvalue weighted by Crippen LogP contribution is 2.40. The number of sulfonamides is 1. The van der Waals surface area contributed by atoms with Crippen LogP contribution in [0, 0.1) is 0 Å². The van der Waals surface area contributed by atoms with Gasteiger partial charge in [-0.2, -0.15) is 0 Å². The van der Waals surface area contributed by atoms with E-state index in [0.717, 1.165) is 4.31 Å². The molecule has 0 saturated carbocycles. The summed E-state index contributed by atoms with van der Waals surface area (Å²) >= 11 is 0. The number of aliphatic hydroxyl groups excluding tert-OH is 1. The van der Waals surface area contributed by atoms with Crippen molar-refractivity contribution < 1.29 is 23.1 Å². The van der Waals surface area contributed by atoms with E-state index in [1.165, 1.54) is 6.92 Å². The second-order valence-electron chi connectivity index (χ2n) is 5.23. The Balaban J connectivity index is 2.02. The molecule has 2 heterocycles. The van der Waals surface area contributed by atoms with E-state index in [-0.39, 0.29) is 18.2 Å². The third-order valence-electron chi connectivity index (χ3n) is 3.80. The molecular formula is C14H15NO5S. The van der Waals surface area contributed by atoms with Crippen LogP contribution < -0.4 is 0 Å². The Bertz CT molecular complexity index is 725. The van der Waals surface area contributed by atoms with Gasteiger partial charge >= 0.3 is 0 Å². The molecule has 6 nitrogen and oxygen atoms in total. The second-order valence-corrected chi connectivity index (χ2v) is 7.24. The fourth-order valence-electron chi connectivity index (χ4n) is 2.59. The zero-order chi connectivity index (χ0) is 15.3. The van der Waals surface area contributed by atoms with Crippen LogP contribution in [0.25, 0.3) is 0 Å². The molecule has 1 aromatic rings. The highest BCUT2D eigenvalue weighted by atomic mass is 32.2. The average Bonchev–Trinajstić information content (AvgIpc) is 2.93. The maximum absolute atomic E-state index is 12.4. The van der Waals surface area contributed by atoms with Crippen LogP contribution in [-0.2, 0) is 25.2 Å². The molecule has 0 aliphatic carbocycles. The van der Waals surface area contributed by atoms with Gasteiger partial charge in [-0.1, -0.05) is 30.3 Å². The minimum absolute atomic E-state index is 0.0105. The van der Waals surface area contributed by atoms with Crippen molar-refractivity contribution in [2.45, 2.75) is 18.9 Å². The molecule has 3 rings (SSSR count). The van der Waals surface area contributed by atoms with Crippen LogP contribution in [-0.4, -0.2) is 35.9 Å². The summed E-state index contributed by atoms with van der Waals surface area (Å²) in [5.41, 5.74) is -0.841. The summed E-state index contributed by atoms with van der Waals surface area (Å²) in [5.74, 6) is -1.54. The van der Waals surface area contributed by atoms with Crippen molar-refractivity contribution in [3.63, 3.8) is 0 Å². The fraction of sp³-hybridized carbons (Fsp3) is 0.357. The first kappa shape index (κ1) is 13.9. The lowest BCUT2D eigenvalue weighted by molar-refractivity contribution is -0.132. The van der Waals surface area contributed by atoms with E-state index in [0.29, 0.717) is 12.0 Å². The van der Waals surface area contributed by atoms with Crippen LogP contribution in [0.15, 0.2) is 42.0 Å². The van der Waals surface area contributed by atoms with Crippen molar-refractivity contribution in [2.75, 3.05) is 12.3 Å². The van der Waals surface area contributed by atoms with Gasteiger partial charge in [0.25, 0.3) is 11.7 Å². The molecule has 1 unspecified atom stereocenters. The molecule has 1 N–H and O–H groups in total. The number of carbonyl (C=O) groups is 1. The van der Waals surface area contributed by atoms with Crippen LogP contribution in [0.5, 0.6) is 0 Å². The number of ketones is 1.